The van der Waals surface area contributed by atoms with E-state index < -0.39 is 0 Å². The first-order valence-electron chi connectivity index (χ1n) is 8.02. The maximum atomic E-state index is 4.50. The lowest BCUT2D eigenvalue weighted by molar-refractivity contribution is 0.355. The molecular weight excluding hydrogens is 256 g/mol. The van der Waals surface area contributed by atoms with Crippen LogP contribution in [0.1, 0.15) is 59.8 Å². The van der Waals surface area contributed by atoms with Crippen LogP contribution in [0, 0.1) is 5.41 Å². The zero-order valence-electron chi connectivity index (χ0n) is 13.9. The molecule has 0 bridgehead atoms. The lowest BCUT2D eigenvalue weighted by Gasteiger charge is -2.34. The molecule has 0 radical (unpaired) electrons. The largest absolute Gasteiger partial charge is 0.279 e. The van der Waals surface area contributed by atoms with Crippen molar-refractivity contribution in [2.24, 2.45) is 10.5 Å². The number of para-hydroxylation sites is 1. The van der Waals surface area contributed by atoms with E-state index in [1.807, 2.05) is 30.3 Å². The Labute approximate surface area is 129 Å². The lowest BCUT2D eigenvalue weighted by atomic mass is 9.71. The number of nitrogens with zero attached hydrogens (tertiary/aromatic N) is 1. The molecule has 1 N–H and O–H groups in total. The Bertz CT molecular complexity index is 524. The minimum atomic E-state index is 0.371. The summed E-state index contributed by atoms with van der Waals surface area (Å²) in [6.45, 7) is 9.20. The Balaban J connectivity index is 1.93. The van der Waals surface area contributed by atoms with E-state index in [1.165, 1.54) is 25.0 Å². The van der Waals surface area contributed by atoms with Gasteiger partial charge in [-0.2, -0.15) is 5.10 Å². The minimum Gasteiger partial charge on any atom is -0.279 e. The van der Waals surface area contributed by atoms with Crippen molar-refractivity contribution >= 4 is 11.4 Å². The summed E-state index contributed by atoms with van der Waals surface area (Å²) in [5.41, 5.74) is 8.98. The first-order chi connectivity index (χ1) is 9.99. The Morgan fingerprint density at radius 1 is 1.24 bits per heavy atom. The summed E-state index contributed by atoms with van der Waals surface area (Å²) >= 11 is 0. The fourth-order valence-corrected chi connectivity index (χ4v) is 3.26. The molecule has 0 atom stereocenters. The van der Waals surface area contributed by atoms with Crippen molar-refractivity contribution in [2.45, 2.75) is 59.8 Å². The Morgan fingerprint density at radius 2 is 1.95 bits per heavy atom. The lowest BCUT2D eigenvalue weighted by Crippen LogP contribution is -2.21. The van der Waals surface area contributed by atoms with Gasteiger partial charge in [0, 0.05) is 5.71 Å². The van der Waals surface area contributed by atoms with Crippen LogP contribution >= 0.6 is 0 Å². The summed E-state index contributed by atoms with van der Waals surface area (Å²) in [4.78, 5) is 0. The van der Waals surface area contributed by atoms with E-state index in [2.05, 4.69) is 38.2 Å². The van der Waals surface area contributed by atoms with Crippen LogP contribution in [0.3, 0.4) is 0 Å². The fourth-order valence-electron chi connectivity index (χ4n) is 3.26. The molecule has 2 rings (SSSR count). The number of anilines is 1. The maximum Gasteiger partial charge on any atom is 0.0561 e. The van der Waals surface area contributed by atoms with Gasteiger partial charge in [-0.15, -0.1) is 0 Å². The van der Waals surface area contributed by atoms with Crippen LogP contribution in [-0.4, -0.2) is 5.71 Å². The predicted octanol–water partition coefficient (Wildman–Crippen LogP) is 5.78. The molecule has 0 amide bonds. The van der Waals surface area contributed by atoms with E-state index in [0.29, 0.717) is 5.41 Å². The van der Waals surface area contributed by atoms with Gasteiger partial charge in [-0.1, -0.05) is 43.2 Å². The van der Waals surface area contributed by atoms with Gasteiger partial charge in [0.15, 0.2) is 0 Å². The maximum absolute atomic E-state index is 4.50. The highest BCUT2D eigenvalue weighted by atomic mass is 15.3. The van der Waals surface area contributed by atoms with Crippen molar-refractivity contribution in [3.8, 4) is 0 Å². The van der Waals surface area contributed by atoms with Crippen LogP contribution < -0.4 is 5.43 Å². The molecule has 0 heterocycles. The third-order valence-corrected chi connectivity index (χ3v) is 4.57. The van der Waals surface area contributed by atoms with Crippen LogP contribution in [0.15, 0.2) is 46.6 Å². The van der Waals surface area contributed by atoms with E-state index in [0.717, 1.165) is 18.5 Å². The molecule has 1 aliphatic rings. The number of allylic oxidation sites excluding steroid dienone is 2. The van der Waals surface area contributed by atoms with Crippen LogP contribution in [0.4, 0.5) is 5.69 Å². The predicted molar refractivity (Wildman–Crippen MR) is 92.7 cm³/mol. The molecule has 1 aliphatic carbocycles. The van der Waals surface area contributed by atoms with Crippen molar-refractivity contribution in [1.29, 1.82) is 0 Å². The van der Waals surface area contributed by atoms with Crippen molar-refractivity contribution < 1.29 is 0 Å². The molecule has 2 nitrogen and oxygen atoms in total. The Hall–Kier alpha value is -1.57. The standard InChI is InChI=1S/C19H28N2/c1-15-9-8-14-19(3,4)18(15)13-12-16(2)20-21-17-10-6-5-7-11-17/h5-7,10-11,21H,8-9,12-14H2,1-4H3/b20-16+. The summed E-state index contributed by atoms with van der Waals surface area (Å²) in [5, 5.41) is 4.50. The molecular formula is C19H28N2. The van der Waals surface area contributed by atoms with Gasteiger partial charge < -0.3 is 0 Å². The SMILES string of the molecule is CC1=C(CC/C(C)=N/Nc2ccccc2)C(C)(C)CCC1. The molecule has 2 heteroatoms. The summed E-state index contributed by atoms with van der Waals surface area (Å²) in [5.74, 6) is 0. The van der Waals surface area contributed by atoms with Gasteiger partial charge in [0.05, 0.1) is 5.69 Å². The summed E-state index contributed by atoms with van der Waals surface area (Å²) in [6.07, 6.45) is 6.11. The third kappa shape index (κ3) is 4.45. The van der Waals surface area contributed by atoms with Crippen molar-refractivity contribution in [2.75, 3.05) is 5.43 Å². The Kier molecular flexibility index (Phi) is 5.22. The monoisotopic (exact) mass is 284 g/mol. The number of hydrogen-bond donors (Lipinski definition) is 1. The van der Waals surface area contributed by atoms with Gasteiger partial charge >= 0.3 is 0 Å². The van der Waals surface area contributed by atoms with Gasteiger partial charge in [-0.3, -0.25) is 5.43 Å². The van der Waals surface area contributed by atoms with Crippen LogP contribution in [-0.2, 0) is 0 Å². The number of hydrazone groups is 1. The van der Waals surface area contributed by atoms with Gasteiger partial charge in [0.25, 0.3) is 0 Å². The number of nitrogens with one attached hydrogen (secondary N) is 1. The molecule has 0 aliphatic heterocycles. The van der Waals surface area contributed by atoms with E-state index in [4.69, 9.17) is 0 Å². The molecule has 0 saturated heterocycles. The van der Waals surface area contributed by atoms with Crippen LogP contribution in [0.2, 0.25) is 0 Å². The molecule has 1 aromatic rings. The number of rotatable bonds is 5. The van der Waals surface area contributed by atoms with Gasteiger partial charge in [0.2, 0.25) is 0 Å². The zero-order chi connectivity index (χ0) is 15.3. The average Bonchev–Trinajstić information content (AvgIpc) is 2.45. The highest BCUT2D eigenvalue weighted by Gasteiger charge is 2.27. The summed E-state index contributed by atoms with van der Waals surface area (Å²) in [6, 6.07) is 10.1. The molecule has 21 heavy (non-hydrogen) atoms. The topological polar surface area (TPSA) is 24.4 Å². The highest BCUT2D eigenvalue weighted by Crippen LogP contribution is 2.42. The van der Waals surface area contributed by atoms with Gasteiger partial charge in [-0.25, -0.2) is 0 Å². The summed E-state index contributed by atoms with van der Waals surface area (Å²) < 4.78 is 0. The molecule has 0 fully saturated rings. The molecule has 1 aromatic carbocycles. The fraction of sp³-hybridized carbons (Fsp3) is 0.526. The Morgan fingerprint density at radius 3 is 2.62 bits per heavy atom. The third-order valence-electron chi connectivity index (χ3n) is 4.57. The van der Waals surface area contributed by atoms with Crippen molar-refractivity contribution in [1.82, 2.24) is 0 Å². The number of hydrogen-bond acceptors (Lipinski definition) is 2. The van der Waals surface area contributed by atoms with E-state index in [-0.39, 0.29) is 0 Å². The molecule has 0 unspecified atom stereocenters. The quantitative estimate of drug-likeness (QED) is 0.413. The molecule has 114 valence electrons. The number of benzene rings is 1. The zero-order valence-corrected chi connectivity index (χ0v) is 13.9. The van der Waals surface area contributed by atoms with E-state index in [9.17, 15) is 0 Å². The highest BCUT2D eigenvalue weighted by molar-refractivity contribution is 5.82. The second-order valence-electron chi connectivity index (χ2n) is 6.82. The average molecular weight is 284 g/mol. The first-order valence-corrected chi connectivity index (χ1v) is 8.02. The molecule has 0 saturated carbocycles. The normalized spacial score (nSPS) is 18.8. The second-order valence-corrected chi connectivity index (χ2v) is 6.82. The van der Waals surface area contributed by atoms with Crippen LogP contribution in [0.5, 0.6) is 0 Å². The minimum absolute atomic E-state index is 0.371. The molecule has 0 spiro atoms. The second kappa shape index (κ2) is 6.93. The van der Waals surface area contributed by atoms with Crippen molar-refractivity contribution in [3.05, 3.63) is 41.5 Å². The van der Waals surface area contributed by atoms with Crippen LogP contribution in [0.25, 0.3) is 0 Å². The van der Waals surface area contributed by atoms with Gasteiger partial charge in [-0.05, 0) is 63.5 Å². The smallest absolute Gasteiger partial charge is 0.0561 e. The first kappa shape index (κ1) is 15.8. The van der Waals surface area contributed by atoms with E-state index in [1.54, 1.807) is 11.1 Å². The molecule has 0 aromatic heterocycles. The summed E-state index contributed by atoms with van der Waals surface area (Å²) in [7, 11) is 0. The van der Waals surface area contributed by atoms with Crippen molar-refractivity contribution in [3.63, 3.8) is 0 Å². The van der Waals surface area contributed by atoms with E-state index >= 15 is 0 Å². The van der Waals surface area contributed by atoms with Gasteiger partial charge in [0.1, 0.15) is 0 Å².